The van der Waals surface area contributed by atoms with Crippen LogP contribution in [0.1, 0.15) is 136 Å². The zero-order chi connectivity index (χ0) is 32.2. The molecule has 12 heteroatoms. The topological polar surface area (TPSA) is 169 Å². The maximum atomic E-state index is 12.0. The van der Waals surface area contributed by atoms with Crippen molar-refractivity contribution in [1.29, 1.82) is 0 Å². The first-order valence-electron chi connectivity index (χ1n) is 16.2. The maximum Gasteiger partial charge on any atom is 0.472 e. The molecular formula is C31H58NO10P. The Morgan fingerprint density at radius 2 is 1.21 bits per heavy atom. The van der Waals surface area contributed by atoms with Crippen molar-refractivity contribution in [1.82, 2.24) is 5.32 Å². The number of ether oxygens (including phenoxy) is 1. The lowest BCUT2D eigenvalue weighted by molar-refractivity contribution is -0.147. The molecule has 0 spiro atoms. The van der Waals surface area contributed by atoms with Gasteiger partial charge in [-0.2, -0.15) is 0 Å². The SMILES string of the molecule is CCCCCCCCC/C=C\CCCCCCCC(=O)OCC(O)COP(=O)(O)OCC(NC(=O)CCCCC)C(=O)O. The van der Waals surface area contributed by atoms with Gasteiger partial charge in [0, 0.05) is 12.8 Å². The normalized spacial score (nSPS) is 14.3. The molecule has 252 valence electrons. The van der Waals surface area contributed by atoms with E-state index in [1.165, 1.54) is 44.9 Å². The molecule has 3 atom stereocenters. The van der Waals surface area contributed by atoms with E-state index in [2.05, 4.69) is 33.4 Å². The highest BCUT2D eigenvalue weighted by Gasteiger charge is 2.28. The van der Waals surface area contributed by atoms with E-state index in [1.54, 1.807) is 0 Å². The molecule has 0 saturated carbocycles. The van der Waals surface area contributed by atoms with Gasteiger partial charge in [-0.3, -0.25) is 18.6 Å². The number of carbonyl (C=O) groups is 3. The molecule has 0 aliphatic heterocycles. The Kier molecular flexibility index (Phi) is 26.6. The van der Waals surface area contributed by atoms with Crippen LogP contribution in [0.5, 0.6) is 0 Å². The molecule has 0 saturated heterocycles. The molecule has 43 heavy (non-hydrogen) atoms. The Balaban J connectivity index is 3.87. The number of carboxylic acids is 1. The molecule has 0 aromatic rings. The van der Waals surface area contributed by atoms with Crippen LogP contribution in [-0.2, 0) is 32.7 Å². The summed E-state index contributed by atoms with van der Waals surface area (Å²) in [7, 11) is -4.72. The first kappa shape index (κ1) is 41.2. The second-order valence-corrected chi connectivity index (χ2v) is 12.5. The van der Waals surface area contributed by atoms with E-state index >= 15 is 0 Å². The summed E-state index contributed by atoms with van der Waals surface area (Å²) in [6.45, 7) is 2.31. The average molecular weight is 636 g/mol. The number of carboxylic acid groups (broad SMARTS) is 1. The number of hydrogen-bond donors (Lipinski definition) is 4. The number of phosphoric ester groups is 1. The lowest BCUT2D eigenvalue weighted by atomic mass is 10.1. The Bertz CT molecular complexity index is 807. The number of carbonyl (C=O) groups excluding carboxylic acids is 2. The molecule has 0 heterocycles. The summed E-state index contributed by atoms with van der Waals surface area (Å²) in [5.41, 5.74) is 0. The fourth-order valence-corrected chi connectivity index (χ4v) is 4.96. The lowest BCUT2D eigenvalue weighted by Gasteiger charge is -2.18. The number of nitrogens with one attached hydrogen (secondary N) is 1. The number of amides is 1. The molecule has 3 unspecified atom stereocenters. The molecule has 4 N–H and O–H groups in total. The molecule has 0 aromatic heterocycles. The number of aliphatic carboxylic acids is 1. The van der Waals surface area contributed by atoms with E-state index in [4.69, 9.17) is 4.74 Å². The minimum Gasteiger partial charge on any atom is -0.480 e. The Hall–Kier alpha value is -1.78. The van der Waals surface area contributed by atoms with Gasteiger partial charge in [0.2, 0.25) is 5.91 Å². The summed E-state index contributed by atoms with van der Waals surface area (Å²) in [6.07, 6.45) is 22.3. The number of aliphatic hydroxyl groups is 1. The highest BCUT2D eigenvalue weighted by molar-refractivity contribution is 7.47. The van der Waals surface area contributed by atoms with Crippen LogP contribution >= 0.6 is 7.82 Å². The van der Waals surface area contributed by atoms with Gasteiger partial charge in [0.1, 0.15) is 12.7 Å². The van der Waals surface area contributed by atoms with Gasteiger partial charge in [-0.25, -0.2) is 9.36 Å². The van der Waals surface area contributed by atoms with Crippen molar-refractivity contribution < 1.29 is 47.8 Å². The number of unbranched alkanes of at least 4 members (excludes halogenated alkanes) is 14. The fourth-order valence-electron chi connectivity index (χ4n) is 4.19. The standard InChI is InChI=1S/C31H58NO10P/c1-3-5-7-8-9-10-11-12-13-14-15-16-17-18-19-21-23-30(35)40-24-27(33)25-41-43(38,39)42-26-28(31(36)37)32-29(34)22-20-6-4-2/h13-14,27-28,33H,3-12,15-26H2,1-2H3,(H,32,34)(H,36,37)(H,38,39)/b14-13-. The van der Waals surface area contributed by atoms with Crippen molar-refractivity contribution in [2.45, 2.75) is 148 Å². The monoisotopic (exact) mass is 635 g/mol. The van der Waals surface area contributed by atoms with Crippen molar-refractivity contribution in [3.8, 4) is 0 Å². The van der Waals surface area contributed by atoms with Gasteiger partial charge in [-0.05, 0) is 38.5 Å². The van der Waals surface area contributed by atoms with Crippen molar-refractivity contribution in [2.75, 3.05) is 19.8 Å². The Morgan fingerprint density at radius 3 is 1.79 bits per heavy atom. The van der Waals surface area contributed by atoms with Gasteiger partial charge in [-0.15, -0.1) is 0 Å². The molecule has 1 amide bonds. The molecule has 11 nitrogen and oxygen atoms in total. The van der Waals surface area contributed by atoms with Gasteiger partial charge >= 0.3 is 19.8 Å². The third-order valence-electron chi connectivity index (χ3n) is 6.80. The van der Waals surface area contributed by atoms with Crippen molar-refractivity contribution in [2.24, 2.45) is 0 Å². The molecule has 0 aromatic carbocycles. The first-order valence-corrected chi connectivity index (χ1v) is 17.7. The number of esters is 1. The summed E-state index contributed by atoms with van der Waals surface area (Å²) in [4.78, 5) is 44.8. The molecule has 0 radical (unpaired) electrons. The number of hydrogen-bond acceptors (Lipinski definition) is 8. The Labute approximate surface area is 258 Å². The van der Waals surface area contributed by atoms with E-state index in [-0.39, 0.29) is 12.8 Å². The number of aliphatic hydroxyl groups excluding tert-OH is 1. The average Bonchev–Trinajstić information content (AvgIpc) is 2.97. The second-order valence-electron chi connectivity index (χ2n) is 11.0. The highest BCUT2D eigenvalue weighted by Crippen LogP contribution is 2.43. The predicted molar refractivity (Wildman–Crippen MR) is 166 cm³/mol. The Morgan fingerprint density at radius 1 is 0.721 bits per heavy atom. The summed E-state index contributed by atoms with van der Waals surface area (Å²) in [5, 5.41) is 21.4. The summed E-state index contributed by atoms with van der Waals surface area (Å²) in [5.74, 6) is -2.42. The van der Waals surface area contributed by atoms with Gasteiger partial charge in [0.05, 0.1) is 13.2 Å². The molecule has 0 aliphatic carbocycles. The van der Waals surface area contributed by atoms with Crippen LogP contribution in [0.3, 0.4) is 0 Å². The van der Waals surface area contributed by atoms with Gasteiger partial charge in [-0.1, -0.05) is 96.6 Å². The van der Waals surface area contributed by atoms with Gasteiger partial charge in [0.15, 0.2) is 6.04 Å². The highest BCUT2D eigenvalue weighted by atomic mass is 31.2. The molecule has 0 aliphatic rings. The van der Waals surface area contributed by atoms with E-state index in [0.717, 1.165) is 51.4 Å². The summed E-state index contributed by atoms with van der Waals surface area (Å²) in [6, 6.07) is -1.54. The van der Waals surface area contributed by atoms with Crippen molar-refractivity contribution in [3.05, 3.63) is 12.2 Å². The largest absolute Gasteiger partial charge is 0.480 e. The van der Waals surface area contributed by atoms with Crippen molar-refractivity contribution in [3.63, 3.8) is 0 Å². The second kappa shape index (κ2) is 27.7. The number of allylic oxidation sites excluding steroid dienone is 2. The summed E-state index contributed by atoms with van der Waals surface area (Å²) >= 11 is 0. The van der Waals surface area contributed by atoms with Gasteiger partial charge < -0.3 is 25.2 Å². The molecule has 0 bridgehead atoms. The fraction of sp³-hybridized carbons (Fsp3) is 0.839. The van der Waals surface area contributed by atoms with Crippen LogP contribution in [0, 0.1) is 0 Å². The van der Waals surface area contributed by atoms with E-state index in [1.807, 2.05) is 6.92 Å². The van der Waals surface area contributed by atoms with Crippen LogP contribution in [0.4, 0.5) is 0 Å². The number of phosphoric acid groups is 1. The maximum absolute atomic E-state index is 12.0. The van der Waals surface area contributed by atoms with E-state index < -0.39 is 57.6 Å². The van der Waals surface area contributed by atoms with Crippen LogP contribution in [0.2, 0.25) is 0 Å². The lowest BCUT2D eigenvalue weighted by Crippen LogP contribution is -2.43. The number of rotatable bonds is 30. The zero-order valence-corrected chi connectivity index (χ0v) is 27.4. The summed E-state index contributed by atoms with van der Waals surface area (Å²) < 4.78 is 26.4. The predicted octanol–water partition coefficient (Wildman–Crippen LogP) is 6.60. The molecular weight excluding hydrogens is 577 g/mol. The van der Waals surface area contributed by atoms with E-state index in [9.17, 15) is 34.1 Å². The minimum absolute atomic E-state index is 0.132. The quantitative estimate of drug-likeness (QED) is 0.0292. The zero-order valence-electron chi connectivity index (χ0n) is 26.5. The van der Waals surface area contributed by atoms with Crippen LogP contribution < -0.4 is 5.32 Å². The molecule has 0 rings (SSSR count). The molecule has 0 fully saturated rings. The third kappa shape index (κ3) is 27.5. The van der Waals surface area contributed by atoms with Gasteiger partial charge in [0.25, 0.3) is 0 Å². The van der Waals surface area contributed by atoms with Crippen LogP contribution in [0.25, 0.3) is 0 Å². The first-order chi connectivity index (χ1) is 20.6. The van der Waals surface area contributed by atoms with E-state index in [0.29, 0.717) is 12.8 Å². The minimum atomic E-state index is -4.72. The van der Waals surface area contributed by atoms with Crippen LogP contribution in [-0.4, -0.2) is 64.9 Å². The smallest absolute Gasteiger partial charge is 0.472 e. The third-order valence-corrected chi connectivity index (χ3v) is 7.76. The van der Waals surface area contributed by atoms with Crippen molar-refractivity contribution >= 4 is 25.7 Å². The van der Waals surface area contributed by atoms with Crippen LogP contribution in [0.15, 0.2) is 12.2 Å².